The fourth-order valence-electron chi connectivity index (χ4n) is 0.708. The average Bonchev–Trinajstić information content (AvgIpc) is 2.34. The molecule has 0 saturated heterocycles. The number of aryl methyl sites for hydroxylation is 1. The molecule has 46 valence electrons. The van der Waals surface area contributed by atoms with Gasteiger partial charge < -0.3 is 4.98 Å². The summed E-state index contributed by atoms with van der Waals surface area (Å²) < 4.78 is 0. The number of rotatable bonds is 1. The van der Waals surface area contributed by atoms with E-state index in [0.29, 0.717) is 5.69 Å². The lowest BCUT2D eigenvalue weighted by molar-refractivity contribution is 1.14. The number of hydrogen-bond acceptors (Lipinski definition) is 1. The fourth-order valence-corrected chi connectivity index (χ4v) is 0.708. The van der Waals surface area contributed by atoms with Crippen LogP contribution >= 0.6 is 0 Å². The summed E-state index contributed by atoms with van der Waals surface area (Å²) in [4.78, 5) is 2.85. The molecule has 1 aromatic heterocycles. The first-order valence-corrected chi connectivity index (χ1v) is 2.94. The maximum absolute atomic E-state index is 8.37. The third-order valence-electron chi connectivity index (χ3n) is 1.27. The van der Waals surface area contributed by atoms with Crippen LogP contribution in [0.2, 0.25) is 0 Å². The third-order valence-corrected chi connectivity index (χ3v) is 1.27. The van der Waals surface area contributed by atoms with Crippen molar-refractivity contribution in [2.45, 2.75) is 13.3 Å². The van der Waals surface area contributed by atoms with Crippen LogP contribution in [0.3, 0.4) is 0 Å². The predicted molar refractivity (Wildman–Crippen MR) is 34.9 cm³/mol. The molecule has 1 heterocycles. The van der Waals surface area contributed by atoms with Crippen molar-refractivity contribution >= 4 is 0 Å². The predicted octanol–water partition coefficient (Wildman–Crippen LogP) is 1.45. The minimum absolute atomic E-state index is 0.645. The second kappa shape index (κ2) is 2.36. The lowest BCUT2D eigenvalue weighted by atomic mass is 10.2. The van der Waals surface area contributed by atoms with Gasteiger partial charge in [-0.2, -0.15) is 5.26 Å². The van der Waals surface area contributed by atoms with Gasteiger partial charge in [0.15, 0.2) is 0 Å². The first kappa shape index (κ1) is 5.90. The summed E-state index contributed by atoms with van der Waals surface area (Å²) in [6, 6.07) is 3.89. The molecule has 1 aromatic rings. The molecule has 0 amide bonds. The minimum Gasteiger partial charge on any atom is -0.353 e. The Morgan fingerprint density at radius 1 is 1.78 bits per heavy atom. The SMILES string of the molecule is CCc1c[nH]c(C#N)c1. The normalized spacial score (nSPS) is 8.89. The zero-order valence-corrected chi connectivity index (χ0v) is 5.31. The standard InChI is InChI=1S/C7H8N2/c1-2-6-3-7(4-8)9-5-6/h3,5,9H,2H2,1H3. The molecule has 0 aliphatic carbocycles. The Labute approximate surface area is 54.1 Å². The van der Waals surface area contributed by atoms with Crippen molar-refractivity contribution in [3.63, 3.8) is 0 Å². The van der Waals surface area contributed by atoms with Crippen LogP contribution in [-0.4, -0.2) is 4.98 Å². The van der Waals surface area contributed by atoms with Gasteiger partial charge in [0.05, 0.1) is 0 Å². The maximum Gasteiger partial charge on any atom is 0.117 e. The topological polar surface area (TPSA) is 39.6 Å². The Morgan fingerprint density at radius 3 is 2.89 bits per heavy atom. The highest BCUT2D eigenvalue weighted by Gasteiger charge is 1.92. The molecule has 9 heavy (non-hydrogen) atoms. The molecule has 0 atom stereocenters. The Balaban J connectivity index is 2.90. The second-order valence-corrected chi connectivity index (χ2v) is 1.89. The van der Waals surface area contributed by atoms with Crippen molar-refractivity contribution < 1.29 is 0 Å². The average molecular weight is 120 g/mol. The van der Waals surface area contributed by atoms with Gasteiger partial charge in [-0.25, -0.2) is 0 Å². The molecular formula is C7H8N2. The van der Waals surface area contributed by atoms with Crippen LogP contribution in [-0.2, 0) is 6.42 Å². The second-order valence-electron chi connectivity index (χ2n) is 1.89. The van der Waals surface area contributed by atoms with Gasteiger partial charge in [-0.1, -0.05) is 6.92 Å². The summed E-state index contributed by atoms with van der Waals surface area (Å²) >= 11 is 0. The summed E-state index contributed by atoms with van der Waals surface area (Å²) in [6.07, 6.45) is 2.84. The Kier molecular flexibility index (Phi) is 1.55. The van der Waals surface area contributed by atoms with Gasteiger partial charge in [0.2, 0.25) is 0 Å². The van der Waals surface area contributed by atoms with E-state index in [2.05, 4.69) is 11.9 Å². The van der Waals surface area contributed by atoms with Gasteiger partial charge >= 0.3 is 0 Å². The van der Waals surface area contributed by atoms with Crippen LogP contribution < -0.4 is 0 Å². The summed E-state index contributed by atoms with van der Waals surface area (Å²) in [6.45, 7) is 2.06. The molecular weight excluding hydrogens is 112 g/mol. The molecule has 2 nitrogen and oxygen atoms in total. The molecule has 0 spiro atoms. The first-order chi connectivity index (χ1) is 4.36. The first-order valence-electron chi connectivity index (χ1n) is 2.94. The quantitative estimate of drug-likeness (QED) is 0.598. The van der Waals surface area contributed by atoms with E-state index in [-0.39, 0.29) is 0 Å². The van der Waals surface area contributed by atoms with Gasteiger partial charge in [-0.3, -0.25) is 0 Å². The van der Waals surface area contributed by atoms with Gasteiger partial charge in [-0.15, -0.1) is 0 Å². The number of nitrogens with zero attached hydrogens (tertiary/aromatic N) is 1. The summed E-state index contributed by atoms with van der Waals surface area (Å²) in [5.41, 5.74) is 1.83. The number of aromatic amines is 1. The van der Waals surface area contributed by atoms with Crippen molar-refractivity contribution in [1.82, 2.24) is 4.98 Å². The van der Waals surface area contributed by atoms with Crippen molar-refractivity contribution in [2.24, 2.45) is 0 Å². The van der Waals surface area contributed by atoms with E-state index in [1.54, 1.807) is 0 Å². The van der Waals surface area contributed by atoms with Crippen LogP contribution in [0.1, 0.15) is 18.2 Å². The molecule has 1 N–H and O–H groups in total. The van der Waals surface area contributed by atoms with Gasteiger partial charge in [0.25, 0.3) is 0 Å². The summed E-state index contributed by atoms with van der Waals surface area (Å²) in [7, 11) is 0. The molecule has 0 fully saturated rings. The largest absolute Gasteiger partial charge is 0.353 e. The van der Waals surface area contributed by atoms with Gasteiger partial charge in [0.1, 0.15) is 11.8 Å². The van der Waals surface area contributed by atoms with Crippen LogP contribution in [0.5, 0.6) is 0 Å². The van der Waals surface area contributed by atoms with E-state index < -0.39 is 0 Å². The number of H-pyrrole nitrogens is 1. The summed E-state index contributed by atoms with van der Waals surface area (Å²) in [5, 5.41) is 8.37. The Bertz CT molecular complexity index is 229. The molecule has 0 aromatic carbocycles. The minimum atomic E-state index is 0.645. The molecule has 0 aliphatic rings. The lowest BCUT2D eigenvalue weighted by Gasteiger charge is -1.79. The van der Waals surface area contributed by atoms with E-state index >= 15 is 0 Å². The zero-order valence-electron chi connectivity index (χ0n) is 5.31. The van der Waals surface area contributed by atoms with E-state index in [0.717, 1.165) is 6.42 Å². The van der Waals surface area contributed by atoms with Crippen molar-refractivity contribution in [3.8, 4) is 6.07 Å². The number of aromatic nitrogens is 1. The van der Waals surface area contributed by atoms with E-state index in [9.17, 15) is 0 Å². The third kappa shape index (κ3) is 1.11. The molecule has 2 heteroatoms. The van der Waals surface area contributed by atoms with Crippen LogP contribution in [0, 0.1) is 11.3 Å². The highest BCUT2D eigenvalue weighted by Crippen LogP contribution is 2.01. The zero-order chi connectivity index (χ0) is 6.69. The van der Waals surface area contributed by atoms with Crippen LogP contribution in [0.4, 0.5) is 0 Å². The lowest BCUT2D eigenvalue weighted by Crippen LogP contribution is -1.68. The highest BCUT2D eigenvalue weighted by atomic mass is 14.7. The summed E-state index contributed by atoms with van der Waals surface area (Å²) in [5.74, 6) is 0. The van der Waals surface area contributed by atoms with Gasteiger partial charge in [-0.05, 0) is 18.1 Å². The van der Waals surface area contributed by atoms with Crippen molar-refractivity contribution in [1.29, 1.82) is 5.26 Å². The molecule has 0 aliphatic heterocycles. The van der Waals surface area contributed by atoms with Crippen LogP contribution in [0.25, 0.3) is 0 Å². The number of hydrogen-bond donors (Lipinski definition) is 1. The molecule has 0 saturated carbocycles. The van der Waals surface area contributed by atoms with Crippen molar-refractivity contribution in [3.05, 3.63) is 23.5 Å². The number of nitrogens with one attached hydrogen (secondary N) is 1. The molecule has 1 rings (SSSR count). The van der Waals surface area contributed by atoms with Crippen LogP contribution in [0.15, 0.2) is 12.3 Å². The van der Waals surface area contributed by atoms with Gasteiger partial charge in [0, 0.05) is 6.20 Å². The molecule has 0 bridgehead atoms. The molecule has 0 radical (unpaired) electrons. The maximum atomic E-state index is 8.37. The molecule has 0 unspecified atom stereocenters. The number of nitriles is 1. The monoisotopic (exact) mass is 120 g/mol. The Morgan fingerprint density at radius 2 is 2.56 bits per heavy atom. The fraction of sp³-hybridized carbons (Fsp3) is 0.286. The van der Waals surface area contributed by atoms with Crippen molar-refractivity contribution in [2.75, 3.05) is 0 Å². The highest BCUT2D eigenvalue weighted by molar-refractivity contribution is 5.26. The smallest absolute Gasteiger partial charge is 0.117 e. The van der Waals surface area contributed by atoms with E-state index in [1.807, 2.05) is 18.3 Å². The van der Waals surface area contributed by atoms with E-state index in [1.165, 1.54) is 5.56 Å². The Hall–Kier alpha value is -1.23. The van der Waals surface area contributed by atoms with E-state index in [4.69, 9.17) is 5.26 Å².